The number of hydrogen-bond donors (Lipinski definition) is 2. The number of rotatable bonds is 27. The van der Waals surface area contributed by atoms with Crippen molar-refractivity contribution in [2.75, 3.05) is 26.3 Å². The van der Waals surface area contributed by atoms with Crippen LogP contribution in [0.4, 0.5) is 0 Å². The van der Waals surface area contributed by atoms with Crippen molar-refractivity contribution in [1.29, 1.82) is 0 Å². The molecule has 0 amide bonds. The van der Waals surface area contributed by atoms with Crippen LogP contribution in [0.25, 0.3) is 0 Å². The molecule has 0 radical (unpaired) electrons. The average Bonchev–Trinajstić information content (AvgIpc) is 2.82. The number of nitrogens with one attached hydrogen (secondary N) is 1. The minimum atomic E-state index is 0.0742. The molecule has 0 rings (SSSR count). The summed E-state index contributed by atoms with van der Waals surface area (Å²) in [5, 5.41) is 12.2. The average molecular weight is 470 g/mol. The van der Waals surface area contributed by atoms with Crippen LogP contribution in [0.3, 0.4) is 0 Å². The third kappa shape index (κ3) is 24.3. The van der Waals surface area contributed by atoms with Gasteiger partial charge in [-0.25, -0.2) is 0 Å². The molecule has 0 aromatic rings. The molecular formula is C29H59NO3. The summed E-state index contributed by atoms with van der Waals surface area (Å²) in [5.41, 5.74) is 0. The lowest BCUT2D eigenvalue weighted by molar-refractivity contribution is -0.149. The van der Waals surface area contributed by atoms with Gasteiger partial charge in [-0.05, 0) is 58.0 Å². The predicted molar refractivity (Wildman–Crippen MR) is 143 cm³/mol. The van der Waals surface area contributed by atoms with Crippen LogP contribution in [0.2, 0.25) is 0 Å². The molecule has 0 saturated heterocycles. The first-order valence-corrected chi connectivity index (χ1v) is 14.7. The Morgan fingerprint density at radius 2 is 1.09 bits per heavy atom. The zero-order chi connectivity index (χ0) is 24.2. The summed E-state index contributed by atoms with van der Waals surface area (Å²) in [6.07, 6.45) is 25.1. The third-order valence-corrected chi connectivity index (χ3v) is 6.65. The SMILES string of the molecule is CCCCCCCCC(CCCCCC)C(=O)OCCCCCCCCNCCCCCO. The molecule has 0 aliphatic heterocycles. The first-order chi connectivity index (χ1) is 16.3. The second-order valence-corrected chi connectivity index (χ2v) is 9.93. The largest absolute Gasteiger partial charge is 0.465 e. The fourth-order valence-corrected chi connectivity index (χ4v) is 4.38. The first kappa shape index (κ1) is 32.4. The van der Waals surface area contributed by atoms with Crippen LogP contribution in [0.5, 0.6) is 0 Å². The van der Waals surface area contributed by atoms with Gasteiger partial charge in [-0.15, -0.1) is 0 Å². The molecule has 4 heteroatoms. The topological polar surface area (TPSA) is 58.6 Å². The standard InChI is InChI=1S/C29H59NO3/c1-3-5-7-9-12-17-23-28(22-16-8-6-4-2)29(32)33-27-21-14-11-10-13-18-24-30-25-19-15-20-26-31/h28,30-31H,3-27H2,1-2H3. The minimum Gasteiger partial charge on any atom is -0.465 e. The summed E-state index contributed by atoms with van der Waals surface area (Å²) < 4.78 is 5.69. The molecule has 0 aromatic heterocycles. The van der Waals surface area contributed by atoms with E-state index in [-0.39, 0.29) is 11.9 Å². The van der Waals surface area contributed by atoms with Crippen molar-refractivity contribution in [3.8, 4) is 0 Å². The van der Waals surface area contributed by atoms with Crippen LogP contribution in [-0.4, -0.2) is 37.4 Å². The van der Waals surface area contributed by atoms with Gasteiger partial charge in [-0.1, -0.05) is 104 Å². The van der Waals surface area contributed by atoms with E-state index in [1.165, 1.54) is 96.3 Å². The van der Waals surface area contributed by atoms with Crippen molar-refractivity contribution in [2.45, 2.75) is 149 Å². The molecule has 33 heavy (non-hydrogen) atoms. The highest BCUT2D eigenvalue weighted by molar-refractivity contribution is 5.72. The van der Waals surface area contributed by atoms with Crippen molar-refractivity contribution in [2.24, 2.45) is 5.92 Å². The molecule has 0 heterocycles. The summed E-state index contributed by atoms with van der Waals surface area (Å²) in [4.78, 5) is 12.7. The van der Waals surface area contributed by atoms with Gasteiger partial charge in [0.15, 0.2) is 0 Å². The van der Waals surface area contributed by atoms with Crippen molar-refractivity contribution < 1.29 is 14.6 Å². The number of carbonyl (C=O) groups excluding carboxylic acids is 1. The predicted octanol–water partition coefficient (Wildman–Crippen LogP) is 7.96. The highest BCUT2D eigenvalue weighted by Crippen LogP contribution is 2.20. The van der Waals surface area contributed by atoms with Gasteiger partial charge in [0.05, 0.1) is 12.5 Å². The summed E-state index contributed by atoms with van der Waals surface area (Å²) in [7, 11) is 0. The Morgan fingerprint density at radius 3 is 1.67 bits per heavy atom. The number of esters is 1. The molecule has 4 nitrogen and oxygen atoms in total. The van der Waals surface area contributed by atoms with E-state index in [2.05, 4.69) is 19.2 Å². The van der Waals surface area contributed by atoms with E-state index in [1.54, 1.807) is 0 Å². The summed E-state index contributed by atoms with van der Waals surface area (Å²) in [6.45, 7) is 7.60. The molecule has 1 unspecified atom stereocenters. The van der Waals surface area contributed by atoms with E-state index in [1.807, 2.05) is 0 Å². The molecule has 1 atom stereocenters. The summed E-state index contributed by atoms with van der Waals surface area (Å²) in [6, 6.07) is 0. The fraction of sp³-hybridized carbons (Fsp3) is 0.966. The van der Waals surface area contributed by atoms with E-state index < -0.39 is 0 Å². The highest BCUT2D eigenvalue weighted by Gasteiger charge is 2.19. The highest BCUT2D eigenvalue weighted by atomic mass is 16.5. The molecular weight excluding hydrogens is 410 g/mol. The Kier molecular flexibility index (Phi) is 27.1. The van der Waals surface area contributed by atoms with Crippen molar-refractivity contribution in [3.05, 3.63) is 0 Å². The van der Waals surface area contributed by atoms with Crippen molar-refractivity contribution >= 4 is 5.97 Å². The van der Waals surface area contributed by atoms with Gasteiger partial charge in [-0.3, -0.25) is 4.79 Å². The van der Waals surface area contributed by atoms with Gasteiger partial charge in [0, 0.05) is 6.61 Å². The maximum Gasteiger partial charge on any atom is 0.308 e. The fourth-order valence-electron chi connectivity index (χ4n) is 4.38. The molecule has 0 aliphatic rings. The van der Waals surface area contributed by atoms with E-state index in [4.69, 9.17) is 9.84 Å². The van der Waals surface area contributed by atoms with Crippen molar-refractivity contribution in [1.82, 2.24) is 5.32 Å². The lowest BCUT2D eigenvalue weighted by Crippen LogP contribution is -2.18. The summed E-state index contributed by atoms with van der Waals surface area (Å²) >= 11 is 0. The lowest BCUT2D eigenvalue weighted by Gasteiger charge is -2.16. The number of aliphatic hydroxyl groups excluding tert-OH is 1. The quantitative estimate of drug-likeness (QED) is 0.0946. The van der Waals surface area contributed by atoms with Gasteiger partial charge in [0.1, 0.15) is 0 Å². The smallest absolute Gasteiger partial charge is 0.308 e. The molecule has 0 aliphatic carbocycles. The van der Waals surface area contributed by atoms with Crippen LogP contribution in [0, 0.1) is 5.92 Å². The van der Waals surface area contributed by atoms with E-state index in [0.29, 0.717) is 13.2 Å². The van der Waals surface area contributed by atoms with Gasteiger partial charge < -0.3 is 15.2 Å². The Bertz CT molecular complexity index is 389. The number of aliphatic hydroxyl groups is 1. The minimum absolute atomic E-state index is 0.0742. The van der Waals surface area contributed by atoms with E-state index in [0.717, 1.165) is 51.6 Å². The third-order valence-electron chi connectivity index (χ3n) is 6.65. The maximum atomic E-state index is 12.7. The second kappa shape index (κ2) is 27.6. The van der Waals surface area contributed by atoms with E-state index >= 15 is 0 Å². The molecule has 0 fully saturated rings. The van der Waals surface area contributed by atoms with Gasteiger partial charge in [0.25, 0.3) is 0 Å². The van der Waals surface area contributed by atoms with Crippen LogP contribution in [0.15, 0.2) is 0 Å². The summed E-state index contributed by atoms with van der Waals surface area (Å²) in [5.74, 6) is 0.203. The Hall–Kier alpha value is -0.610. The molecule has 198 valence electrons. The zero-order valence-corrected chi connectivity index (χ0v) is 22.5. The van der Waals surface area contributed by atoms with Gasteiger partial charge >= 0.3 is 5.97 Å². The number of unbranched alkanes of at least 4 members (excludes halogenated alkanes) is 15. The lowest BCUT2D eigenvalue weighted by atomic mass is 9.94. The Labute approximate surface area is 207 Å². The second-order valence-electron chi connectivity index (χ2n) is 9.93. The molecule has 0 bridgehead atoms. The molecule has 0 spiro atoms. The molecule has 2 N–H and O–H groups in total. The Balaban J connectivity index is 3.74. The van der Waals surface area contributed by atoms with E-state index in [9.17, 15) is 4.79 Å². The number of hydrogen-bond acceptors (Lipinski definition) is 4. The molecule has 0 aromatic carbocycles. The number of carbonyl (C=O) groups is 1. The Morgan fingerprint density at radius 1 is 0.636 bits per heavy atom. The first-order valence-electron chi connectivity index (χ1n) is 14.7. The monoisotopic (exact) mass is 469 g/mol. The van der Waals surface area contributed by atoms with Crippen LogP contribution < -0.4 is 5.32 Å². The van der Waals surface area contributed by atoms with Gasteiger partial charge in [0.2, 0.25) is 0 Å². The molecule has 0 saturated carbocycles. The van der Waals surface area contributed by atoms with Gasteiger partial charge in [-0.2, -0.15) is 0 Å². The van der Waals surface area contributed by atoms with Crippen LogP contribution >= 0.6 is 0 Å². The van der Waals surface area contributed by atoms with Crippen molar-refractivity contribution in [3.63, 3.8) is 0 Å². The number of ether oxygens (including phenoxy) is 1. The zero-order valence-electron chi connectivity index (χ0n) is 22.5. The normalized spacial score (nSPS) is 12.2. The van der Waals surface area contributed by atoms with Crippen LogP contribution in [-0.2, 0) is 9.53 Å². The van der Waals surface area contributed by atoms with Crippen LogP contribution in [0.1, 0.15) is 149 Å². The maximum absolute atomic E-state index is 12.7.